The van der Waals surface area contributed by atoms with Crippen LogP contribution in [-0.4, -0.2) is 24.8 Å². The smallest absolute Gasteiger partial charge is 0.416 e. The molecule has 0 bridgehead atoms. The Kier molecular flexibility index (Phi) is 5.66. The minimum absolute atomic E-state index is 0.0369. The summed E-state index contributed by atoms with van der Waals surface area (Å²) in [6.45, 7) is 2.38. The Morgan fingerprint density at radius 1 is 1.03 bits per heavy atom. The van der Waals surface area contributed by atoms with E-state index in [4.69, 9.17) is 4.74 Å². The molecule has 3 aromatic carbocycles. The van der Waals surface area contributed by atoms with Gasteiger partial charge in [0.15, 0.2) is 0 Å². The van der Waals surface area contributed by atoms with Crippen molar-refractivity contribution in [2.45, 2.75) is 18.0 Å². The van der Waals surface area contributed by atoms with Crippen LogP contribution in [0, 0.1) is 0 Å². The quantitative estimate of drug-likeness (QED) is 0.427. The fraction of sp³-hybridized carbons (Fsp3) is 0.136. The Morgan fingerprint density at radius 3 is 2.42 bits per heavy atom. The average Bonchev–Trinajstić information content (AvgIpc) is 3.10. The molecule has 0 aliphatic heterocycles. The Balaban J connectivity index is 1.67. The first-order chi connectivity index (χ1) is 15.6. The fourth-order valence-corrected chi connectivity index (χ4v) is 4.41. The van der Waals surface area contributed by atoms with Crippen molar-refractivity contribution in [1.29, 1.82) is 0 Å². The summed E-state index contributed by atoms with van der Waals surface area (Å²) in [5, 5.41) is 2.89. The van der Waals surface area contributed by atoms with Crippen molar-refractivity contribution in [2.75, 3.05) is 11.3 Å². The van der Waals surface area contributed by atoms with Gasteiger partial charge < -0.3 is 4.74 Å². The highest BCUT2D eigenvalue weighted by molar-refractivity contribution is 7.92. The van der Waals surface area contributed by atoms with E-state index in [-0.39, 0.29) is 11.1 Å². The molecule has 0 saturated carbocycles. The largest absolute Gasteiger partial charge is 0.494 e. The van der Waals surface area contributed by atoms with E-state index in [9.17, 15) is 26.4 Å². The van der Waals surface area contributed by atoms with E-state index >= 15 is 0 Å². The number of hydrogen-bond acceptors (Lipinski definition) is 4. The van der Waals surface area contributed by atoms with E-state index < -0.39 is 32.2 Å². The van der Waals surface area contributed by atoms with Crippen LogP contribution in [0.15, 0.2) is 76.4 Å². The molecule has 4 aromatic rings. The monoisotopic (exact) mass is 477 g/mol. The molecule has 172 valence electrons. The van der Waals surface area contributed by atoms with E-state index in [0.717, 1.165) is 18.2 Å². The maximum absolute atomic E-state index is 12.9. The Hall–Kier alpha value is -3.73. The van der Waals surface area contributed by atoms with Crippen LogP contribution < -0.4 is 15.0 Å². The average molecular weight is 477 g/mol. The summed E-state index contributed by atoms with van der Waals surface area (Å²) in [6.07, 6.45) is -4.68. The minimum Gasteiger partial charge on any atom is -0.494 e. The number of fused-ring (bicyclic) bond motifs is 1. The Morgan fingerprint density at radius 2 is 1.76 bits per heavy atom. The third-order valence-corrected chi connectivity index (χ3v) is 6.20. The molecule has 0 atom stereocenters. The highest BCUT2D eigenvalue weighted by atomic mass is 32.2. The van der Waals surface area contributed by atoms with Gasteiger partial charge in [-0.15, -0.1) is 0 Å². The zero-order chi connectivity index (χ0) is 23.8. The number of sulfonamides is 1. The Bertz CT molecular complexity index is 1470. The van der Waals surface area contributed by atoms with Crippen molar-refractivity contribution >= 4 is 26.6 Å². The summed E-state index contributed by atoms with van der Waals surface area (Å²) < 4.78 is 73.3. The van der Waals surface area contributed by atoms with Gasteiger partial charge in [-0.3, -0.25) is 19.3 Å². The number of benzene rings is 3. The second-order valence-corrected chi connectivity index (χ2v) is 8.75. The van der Waals surface area contributed by atoms with E-state index in [0.29, 0.717) is 29.6 Å². The van der Waals surface area contributed by atoms with Gasteiger partial charge in [-0.2, -0.15) is 13.2 Å². The molecule has 11 heteroatoms. The van der Waals surface area contributed by atoms with Crippen LogP contribution in [0.5, 0.6) is 5.75 Å². The first-order valence-electron chi connectivity index (χ1n) is 9.76. The summed E-state index contributed by atoms with van der Waals surface area (Å²) in [7, 11) is -4.32. The predicted octanol–water partition coefficient (Wildman–Crippen LogP) is 4.54. The summed E-state index contributed by atoms with van der Waals surface area (Å²) in [5.74, 6) is 0.673. The molecule has 0 spiro atoms. The number of anilines is 1. The molecule has 7 nitrogen and oxygen atoms in total. The van der Waals surface area contributed by atoms with Crippen molar-refractivity contribution in [1.82, 2.24) is 9.78 Å². The molecule has 2 N–H and O–H groups in total. The number of nitrogens with one attached hydrogen (secondary N) is 2. The summed E-state index contributed by atoms with van der Waals surface area (Å²) >= 11 is 0. The summed E-state index contributed by atoms with van der Waals surface area (Å²) in [6, 6.07) is 14.7. The highest BCUT2D eigenvalue weighted by Crippen LogP contribution is 2.31. The van der Waals surface area contributed by atoms with Crippen LogP contribution in [-0.2, 0) is 16.2 Å². The summed E-state index contributed by atoms with van der Waals surface area (Å²) in [5.41, 5.74) is -0.354. The van der Waals surface area contributed by atoms with Gasteiger partial charge >= 0.3 is 6.18 Å². The maximum atomic E-state index is 12.9. The molecular weight excluding hydrogens is 459 g/mol. The normalized spacial score (nSPS) is 12.1. The van der Waals surface area contributed by atoms with Gasteiger partial charge in [0.2, 0.25) is 0 Å². The minimum atomic E-state index is -4.68. The number of aromatic amines is 1. The number of hydrogen-bond donors (Lipinski definition) is 2. The lowest BCUT2D eigenvalue weighted by Gasteiger charge is -2.11. The highest BCUT2D eigenvalue weighted by Gasteiger charge is 2.31. The second kappa shape index (κ2) is 8.32. The number of alkyl halides is 3. The zero-order valence-corrected chi connectivity index (χ0v) is 18.0. The number of ether oxygens (including phenoxy) is 1. The number of rotatable bonds is 6. The second-order valence-electron chi connectivity index (χ2n) is 7.07. The number of H-pyrrole nitrogens is 1. The predicted molar refractivity (Wildman–Crippen MR) is 117 cm³/mol. The van der Waals surface area contributed by atoms with Gasteiger partial charge in [-0.25, -0.2) is 8.42 Å². The number of halogens is 3. The van der Waals surface area contributed by atoms with Crippen molar-refractivity contribution in [3.63, 3.8) is 0 Å². The van der Waals surface area contributed by atoms with Gasteiger partial charge in [0.1, 0.15) is 5.75 Å². The number of aromatic nitrogens is 2. The molecule has 0 amide bonds. The van der Waals surface area contributed by atoms with Crippen molar-refractivity contribution < 1.29 is 26.3 Å². The van der Waals surface area contributed by atoms with Gasteiger partial charge in [-0.05, 0) is 67.6 Å². The van der Waals surface area contributed by atoms with E-state index in [1.807, 2.05) is 6.92 Å². The Labute approximate surface area is 186 Å². The van der Waals surface area contributed by atoms with Gasteiger partial charge in [0.05, 0.1) is 33.7 Å². The lowest BCUT2D eigenvalue weighted by Crippen LogP contribution is -2.14. The summed E-state index contributed by atoms with van der Waals surface area (Å²) in [4.78, 5) is 11.9. The molecule has 0 aliphatic rings. The lowest BCUT2D eigenvalue weighted by atomic mass is 10.2. The van der Waals surface area contributed by atoms with Crippen LogP contribution in [0.4, 0.5) is 18.9 Å². The molecule has 0 radical (unpaired) electrons. The first kappa shape index (κ1) is 22.5. The zero-order valence-electron chi connectivity index (χ0n) is 17.2. The molecule has 33 heavy (non-hydrogen) atoms. The molecule has 1 heterocycles. The molecular formula is C22H18F3N3O4S. The maximum Gasteiger partial charge on any atom is 0.416 e. The third kappa shape index (κ3) is 4.58. The van der Waals surface area contributed by atoms with Crippen LogP contribution in [0.1, 0.15) is 12.5 Å². The van der Waals surface area contributed by atoms with Gasteiger partial charge in [-0.1, -0.05) is 6.07 Å². The van der Waals surface area contributed by atoms with Crippen LogP contribution in [0.3, 0.4) is 0 Å². The van der Waals surface area contributed by atoms with E-state index in [1.54, 1.807) is 28.9 Å². The van der Waals surface area contributed by atoms with Crippen LogP contribution in [0.2, 0.25) is 0 Å². The molecule has 1 aromatic heterocycles. The fourth-order valence-electron chi connectivity index (χ4n) is 3.31. The lowest BCUT2D eigenvalue weighted by molar-refractivity contribution is -0.137. The molecule has 0 fully saturated rings. The number of nitrogens with zero attached hydrogens (tertiary/aromatic N) is 1. The van der Waals surface area contributed by atoms with Gasteiger partial charge in [0.25, 0.3) is 15.6 Å². The van der Waals surface area contributed by atoms with Crippen molar-refractivity contribution in [3.05, 3.63) is 82.6 Å². The molecule has 4 rings (SSSR count). The first-order valence-corrected chi connectivity index (χ1v) is 11.2. The van der Waals surface area contributed by atoms with E-state index in [1.165, 1.54) is 18.2 Å². The van der Waals surface area contributed by atoms with E-state index in [2.05, 4.69) is 9.82 Å². The van der Waals surface area contributed by atoms with Crippen molar-refractivity contribution in [2.24, 2.45) is 0 Å². The van der Waals surface area contributed by atoms with Gasteiger partial charge in [0, 0.05) is 5.69 Å². The van der Waals surface area contributed by atoms with Crippen LogP contribution >= 0.6 is 0 Å². The molecule has 0 saturated heterocycles. The molecule has 0 aliphatic carbocycles. The molecule has 0 unspecified atom stereocenters. The van der Waals surface area contributed by atoms with Crippen LogP contribution in [0.25, 0.3) is 16.6 Å². The topological polar surface area (TPSA) is 93.2 Å². The SMILES string of the molecule is CCOc1ccc(-n2[nH]c(=O)c3cc(NS(=O)(=O)c4cccc(C(F)(F)F)c4)ccc32)cc1. The third-order valence-electron chi connectivity index (χ3n) is 4.83. The standard InChI is InChI=1S/C22H18F3N3O4S/c1-2-32-17-9-7-16(8-10-17)28-20-11-6-15(13-19(20)21(29)26-28)27-33(30,31)18-5-3-4-14(12-18)22(23,24)25/h3-13,27H,2H2,1H3,(H,26,29). The van der Waals surface area contributed by atoms with Crippen molar-refractivity contribution in [3.8, 4) is 11.4 Å².